The van der Waals surface area contributed by atoms with Crippen LogP contribution in [0.3, 0.4) is 0 Å². The second-order valence-corrected chi connectivity index (χ2v) is 9.75. The molecular weight excluding hydrogens is 354 g/mol. The topological polar surface area (TPSA) is 3.24 Å². The van der Waals surface area contributed by atoms with E-state index in [1.54, 1.807) is 0 Å². The van der Waals surface area contributed by atoms with Gasteiger partial charge in [-0.05, 0) is 74.8 Å². The van der Waals surface area contributed by atoms with Gasteiger partial charge in [0.2, 0.25) is 0 Å². The Morgan fingerprint density at radius 1 is 1.08 bits per heavy atom. The average molecular weight is 376 g/mol. The number of likely N-dealkylation sites (tertiary alicyclic amines) is 1. The van der Waals surface area contributed by atoms with Crippen molar-refractivity contribution < 1.29 is 0 Å². The van der Waals surface area contributed by atoms with E-state index in [9.17, 15) is 0 Å². The summed E-state index contributed by atoms with van der Waals surface area (Å²) in [5.74, 6) is 0. The van der Waals surface area contributed by atoms with E-state index in [-0.39, 0.29) is 0 Å². The highest BCUT2D eigenvalue weighted by Gasteiger charge is 2.27. The van der Waals surface area contributed by atoms with Gasteiger partial charge in [-0.3, -0.25) is 0 Å². The molecule has 0 spiro atoms. The van der Waals surface area contributed by atoms with Crippen LogP contribution in [0, 0.1) is 0 Å². The van der Waals surface area contributed by atoms with Gasteiger partial charge >= 0.3 is 0 Å². The van der Waals surface area contributed by atoms with Crippen molar-refractivity contribution in [3.05, 3.63) is 58.6 Å². The Balaban J connectivity index is 1.64. The zero-order valence-corrected chi connectivity index (χ0v) is 16.3. The lowest BCUT2D eigenvalue weighted by atomic mass is 10.0. The minimum absolute atomic E-state index is 0.529. The van der Waals surface area contributed by atoms with Crippen molar-refractivity contribution in [2.75, 3.05) is 20.1 Å². The summed E-state index contributed by atoms with van der Waals surface area (Å²) < 4.78 is 0. The number of hydrogen-bond donors (Lipinski definition) is 0. The zero-order chi connectivity index (χ0) is 16.5. The van der Waals surface area contributed by atoms with Gasteiger partial charge in [-0.1, -0.05) is 41.6 Å². The highest BCUT2D eigenvalue weighted by Crippen LogP contribution is 2.48. The molecule has 4 rings (SSSR count). The highest BCUT2D eigenvalue weighted by atomic mass is 35.5. The molecule has 0 unspecified atom stereocenters. The number of rotatable bonds is 2. The van der Waals surface area contributed by atoms with Gasteiger partial charge in [0.05, 0.1) is 0 Å². The molecule has 0 N–H and O–H groups in total. The van der Waals surface area contributed by atoms with Crippen molar-refractivity contribution in [3.63, 3.8) is 0 Å². The largest absolute Gasteiger partial charge is 0.306 e. The molecule has 2 aliphatic rings. The van der Waals surface area contributed by atoms with E-state index in [1.165, 1.54) is 46.8 Å². The summed E-state index contributed by atoms with van der Waals surface area (Å²) in [6.45, 7) is 2.45. The number of halogens is 1. The summed E-state index contributed by atoms with van der Waals surface area (Å²) in [4.78, 5) is 5.21. The Morgan fingerprint density at radius 2 is 1.88 bits per heavy atom. The minimum atomic E-state index is 0.529. The third-order valence-corrected chi connectivity index (χ3v) is 7.99. The maximum atomic E-state index is 6.28. The van der Waals surface area contributed by atoms with E-state index < -0.39 is 0 Å². The van der Waals surface area contributed by atoms with E-state index >= 15 is 0 Å². The Kier molecular flexibility index (Phi) is 5.14. The van der Waals surface area contributed by atoms with Crippen LogP contribution in [0.25, 0.3) is 0 Å². The van der Waals surface area contributed by atoms with E-state index in [1.807, 2.05) is 17.8 Å². The molecule has 0 aliphatic carbocycles. The maximum Gasteiger partial charge on any atom is 0.0409 e. The van der Waals surface area contributed by atoms with Crippen molar-refractivity contribution in [1.29, 1.82) is 0 Å². The first-order chi connectivity index (χ1) is 11.7. The molecule has 0 bridgehead atoms. The van der Waals surface area contributed by atoms with Crippen LogP contribution in [0.5, 0.6) is 0 Å². The molecule has 1 nitrogen and oxygen atoms in total. The number of hydrogen-bond acceptors (Lipinski definition) is 3. The summed E-state index contributed by atoms with van der Waals surface area (Å²) >= 11 is 10.4. The molecule has 0 aromatic heterocycles. The minimum Gasteiger partial charge on any atom is -0.306 e. The molecule has 126 valence electrons. The van der Waals surface area contributed by atoms with Crippen LogP contribution >= 0.6 is 35.1 Å². The fourth-order valence-corrected chi connectivity index (χ4v) is 6.52. The number of nitrogens with zero attached hydrogens (tertiary/aromatic N) is 1. The third-order valence-electron chi connectivity index (χ3n) is 4.94. The summed E-state index contributed by atoms with van der Waals surface area (Å²) in [6, 6.07) is 15.3. The highest BCUT2D eigenvalue weighted by molar-refractivity contribution is 8.00. The maximum absolute atomic E-state index is 6.28. The Hall–Kier alpha value is -0.610. The summed E-state index contributed by atoms with van der Waals surface area (Å²) in [6.07, 6.45) is 3.68. The first-order valence-electron chi connectivity index (χ1n) is 8.58. The lowest BCUT2D eigenvalue weighted by molar-refractivity contribution is 0.282. The Labute approximate surface area is 158 Å². The van der Waals surface area contributed by atoms with Crippen LogP contribution in [0.1, 0.15) is 29.2 Å². The van der Waals surface area contributed by atoms with Crippen LogP contribution in [0.2, 0.25) is 5.02 Å². The van der Waals surface area contributed by atoms with Crippen LogP contribution in [0.4, 0.5) is 0 Å². The lowest BCUT2D eigenvalue weighted by Gasteiger charge is -2.31. The molecule has 24 heavy (non-hydrogen) atoms. The number of piperidine rings is 1. The summed E-state index contributed by atoms with van der Waals surface area (Å²) in [5.41, 5.74) is 2.90. The van der Waals surface area contributed by atoms with Crippen LogP contribution in [-0.4, -0.2) is 30.3 Å². The van der Waals surface area contributed by atoms with Gasteiger partial charge in [-0.15, -0.1) is 11.8 Å². The second-order valence-electron chi connectivity index (χ2n) is 6.72. The van der Waals surface area contributed by atoms with Gasteiger partial charge in [0.1, 0.15) is 0 Å². The van der Waals surface area contributed by atoms with Gasteiger partial charge in [0.15, 0.2) is 0 Å². The Bertz CT molecular complexity index is 725. The first kappa shape index (κ1) is 16.8. The molecule has 2 heterocycles. The van der Waals surface area contributed by atoms with Gasteiger partial charge in [-0.2, -0.15) is 0 Å². The number of fused-ring (bicyclic) bond motifs is 2. The van der Waals surface area contributed by atoms with Crippen molar-refractivity contribution in [2.45, 2.75) is 39.6 Å². The van der Waals surface area contributed by atoms with Gasteiger partial charge in [0, 0.05) is 25.3 Å². The zero-order valence-electron chi connectivity index (χ0n) is 13.9. The van der Waals surface area contributed by atoms with Crippen LogP contribution in [-0.2, 0) is 6.42 Å². The first-order valence-corrected chi connectivity index (χ1v) is 10.7. The number of benzene rings is 2. The average Bonchev–Trinajstić information content (AvgIpc) is 2.73. The van der Waals surface area contributed by atoms with Crippen molar-refractivity contribution in [1.82, 2.24) is 4.90 Å². The molecule has 4 heteroatoms. The molecule has 2 aromatic rings. The lowest BCUT2D eigenvalue weighted by Crippen LogP contribution is -2.31. The van der Waals surface area contributed by atoms with E-state index in [0.717, 1.165) is 16.7 Å². The quantitative estimate of drug-likeness (QED) is 0.641. The van der Waals surface area contributed by atoms with E-state index in [0.29, 0.717) is 5.25 Å². The van der Waals surface area contributed by atoms with Crippen molar-refractivity contribution in [3.8, 4) is 0 Å². The smallest absolute Gasteiger partial charge is 0.0409 e. The molecular formula is C20H22ClNS2. The molecule has 0 radical (unpaired) electrons. The second kappa shape index (κ2) is 7.33. The van der Waals surface area contributed by atoms with E-state index in [4.69, 9.17) is 11.6 Å². The van der Waals surface area contributed by atoms with Gasteiger partial charge in [0.25, 0.3) is 0 Å². The predicted octanol–water partition coefficient (Wildman–Crippen LogP) is 5.92. The molecule has 2 aliphatic heterocycles. The normalized spacial score (nSPS) is 21.8. The third kappa shape index (κ3) is 3.65. The Morgan fingerprint density at radius 3 is 2.71 bits per heavy atom. The molecule has 1 fully saturated rings. The molecule has 0 saturated carbocycles. The van der Waals surface area contributed by atoms with Crippen molar-refractivity contribution in [2.24, 2.45) is 0 Å². The molecule has 1 saturated heterocycles. The molecule has 1 atom stereocenters. The summed E-state index contributed by atoms with van der Waals surface area (Å²) in [5, 5.41) is 2.15. The SMILES string of the molecule is CN1CCC(S[C@@H]2Cc3cc(Cl)ccc3Sc3ccccc32)CC1. The molecule has 0 amide bonds. The number of thioether (sulfide) groups is 1. The monoisotopic (exact) mass is 375 g/mol. The standard InChI is InChI=1S/C20H22ClNS2/c1-22-10-8-16(9-11-22)23-20-13-14-12-15(21)6-7-18(14)24-19-5-3-2-4-17(19)20/h2-7,12,16,20H,8-11,13H2,1H3/t20-/m1/s1. The van der Waals surface area contributed by atoms with Crippen molar-refractivity contribution >= 4 is 35.1 Å². The van der Waals surface area contributed by atoms with Gasteiger partial charge in [-0.25, -0.2) is 0 Å². The molecule has 2 aromatic carbocycles. The fraction of sp³-hybridized carbons (Fsp3) is 0.400. The van der Waals surface area contributed by atoms with E-state index in [2.05, 4.69) is 60.1 Å². The van der Waals surface area contributed by atoms with Crippen LogP contribution in [0.15, 0.2) is 52.3 Å². The summed E-state index contributed by atoms with van der Waals surface area (Å²) in [7, 11) is 2.23. The van der Waals surface area contributed by atoms with Crippen LogP contribution < -0.4 is 0 Å². The fourth-order valence-electron chi connectivity index (χ4n) is 3.55. The predicted molar refractivity (Wildman–Crippen MR) is 107 cm³/mol. The van der Waals surface area contributed by atoms with Gasteiger partial charge < -0.3 is 4.90 Å².